The number of benzene rings is 2. The lowest BCUT2D eigenvalue weighted by molar-refractivity contribution is 0.209. The molecule has 31 heavy (non-hydrogen) atoms. The highest BCUT2D eigenvalue weighted by Gasteiger charge is 2.43. The van der Waals surface area contributed by atoms with Crippen molar-refractivity contribution in [2.45, 2.75) is 38.3 Å². The second-order valence-electron chi connectivity index (χ2n) is 7.58. The summed E-state index contributed by atoms with van der Waals surface area (Å²) in [6.45, 7) is 2.34. The van der Waals surface area contributed by atoms with Crippen LogP contribution in [-0.2, 0) is 6.54 Å². The van der Waals surface area contributed by atoms with E-state index < -0.39 is 24.1 Å². The van der Waals surface area contributed by atoms with Crippen LogP contribution in [0.2, 0.25) is 10.0 Å². The molecule has 1 fully saturated rings. The fourth-order valence-corrected chi connectivity index (χ4v) is 4.08. The predicted molar refractivity (Wildman–Crippen MR) is 117 cm³/mol. The standard InChI is InChI=1S/C21H21Cl2F2N5O/c1-12-27-28-20(29(12)10-13-2-4-14(22)5-3-13)19-9-16(24)11-30(19)21(31)26-18-7-6-15(23)8-17(18)25/h2-8,12,16,19,27H,9-11H2,1H3,(H,26,31)/t12?,16?,19-/m1/s1. The third-order valence-corrected chi connectivity index (χ3v) is 5.86. The van der Waals surface area contributed by atoms with E-state index in [1.165, 1.54) is 17.0 Å². The first-order chi connectivity index (χ1) is 14.8. The van der Waals surface area contributed by atoms with Crippen molar-refractivity contribution < 1.29 is 13.6 Å². The molecule has 2 aliphatic heterocycles. The van der Waals surface area contributed by atoms with Crippen LogP contribution in [0.4, 0.5) is 19.3 Å². The van der Waals surface area contributed by atoms with Gasteiger partial charge in [0.15, 0.2) is 0 Å². The Bertz CT molecular complexity index is 1000. The lowest BCUT2D eigenvalue weighted by Gasteiger charge is -2.31. The summed E-state index contributed by atoms with van der Waals surface area (Å²) in [5.41, 5.74) is 3.98. The summed E-state index contributed by atoms with van der Waals surface area (Å²) >= 11 is 11.7. The summed E-state index contributed by atoms with van der Waals surface area (Å²) < 4.78 is 28.5. The Morgan fingerprint density at radius 1 is 1.23 bits per heavy atom. The number of alkyl halides is 1. The van der Waals surface area contributed by atoms with Crippen molar-refractivity contribution >= 4 is 40.8 Å². The highest BCUT2D eigenvalue weighted by Crippen LogP contribution is 2.28. The van der Waals surface area contributed by atoms with Gasteiger partial charge in [-0.15, -0.1) is 0 Å². The number of halogens is 4. The van der Waals surface area contributed by atoms with Gasteiger partial charge in [-0.3, -0.25) is 5.43 Å². The smallest absolute Gasteiger partial charge is 0.322 e. The Morgan fingerprint density at radius 2 is 1.94 bits per heavy atom. The van der Waals surface area contributed by atoms with Gasteiger partial charge in [0.1, 0.15) is 24.0 Å². The Kier molecular flexibility index (Phi) is 6.20. The first-order valence-corrected chi connectivity index (χ1v) is 10.6. The van der Waals surface area contributed by atoms with E-state index in [1.54, 1.807) is 12.1 Å². The van der Waals surface area contributed by atoms with Crippen LogP contribution in [0.25, 0.3) is 0 Å². The summed E-state index contributed by atoms with van der Waals surface area (Å²) in [4.78, 5) is 16.2. The van der Waals surface area contributed by atoms with Crippen LogP contribution in [0.1, 0.15) is 18.9 Å². The van der Waals surface area contributed by atoms with Crippen LogP contribution in [0.5, 0.6) is 0 Å². The van der Waals surface area contributed by atoms with E-state index in [0.717, 1.165) is 11.6 Å². The number of hydrogen-bond donors (Lipinski definition) is 2. The molecule has 2 N–H and O–H groups in total. The molecule has 10 heteroatoms. The molecule has 2 aliphatic rings. The fraction of sp³-hybridized carbons (Fsp3) is 0.333. The zero-order valence-corrected chi connectivity index (χ0v) is 18.2. The Labute approximate surface area is 188 Å². The van der Waals surface area contributed by atoms with Gasteiger partial charge in [-0.1, -0.05) is 35.3 Å². The average molecular weight is 468 g/mol. The van der Waals surface area contributed by atoms with Crippen molar-refractivity contribution in [3.63, 3.8) is 0 Å². The minimum Gasteiger partial charge on any atom is -0.331 e. The minimum absolute atomic E-state index is 0.0201. The number of rotatable bonds is 4. The number of anilines is 1. The number of carbonyl (C=O) groups excluding carboxylic acids is 1. The van der Waals surface area contributed by atoms with Crippen LogP contribution in [0.15, 0.2) is 47.6 Å². The van der Waals surface area contributed by atoms with Crippen molar-refractivity contribution in [2.24, 2.45) is 5.10 Å². The van der Waals surface area contributed by atoms with E-state index in [9.17, 15) is 13.6 Å². The van der Waals surface area contributed by atoms with E-state index in [1.807, 2.05) is 24.0 Å². The van der Waals surface area contributed by atoms with Gasteiger partial charge in [0.2, 0.25) is 0 Å². The molecule has 1 saturated heterocycles. The van der Waals surface area contributed by atoms with E-state index in [-0.39, 0.29) is 29.8 Å². The number of hydrogen-bond acceptors (Lipinski definition) is 4. The van der Waals surface area contributed by atoms with E-state index in [0.29, 0.717) is 17.4 Å². The van der Waals surface area contributed by atoms with Crippen LogP contribution in [-0.4, -0.2) is 46.6 Å². The molecule has 2 amide bonds. The van der Waals surface area contributed by atoms with Gasteiger partial charge >= 0.3 is 6.03 Å². The number of hydrazone groups is 1. The van der Waals surface area contributed by atoms with Crippen LogP contribution in [0, 0.1) is 5.82 Å². The normalized spacial score (nSPS) is 23.0. The average Bonchev–Trinajstić information content (AvgIpc) is 3.28. The largest absolute Gasteiger partial charge is 0.331 e. The van der Waals surface area contributed by atoms with Gasteiger partial charge in [0, 0.05) is 23.0 Å². The summed E-state index contributed by atoms with van der Waals surface area (Å²) in [5, 5.41) is 7.75. The van der Waals surface area contributed by atoms with E-state index in [4.69, 9.17) is 23.2 Å². The number of nitrogens with zero attached hydrogens (tertiary/aromatic N) is 3. The molecule has 164 valence electrons. The molecule has 6 nitrogen and oxygen atoms in total. The number of amides is 2. The molecule has 2 heterocycles. The van der Waals surface area contributed by atoms with Crippen molar-refractivity contribution in [3.8, 4) is 0 Å². The highest BCUT2D eigenvalue weighted by molar-refractivity contribution is 6.30. The maximum atomic E-state index is 14.4. The lowest BCUT2D eigenvalue weighted by atomic mass is 10.1. The molecule has 0 radical (unpaired) electrons. The Morgan fingerprint density at radius 3 is 2.65 bits per heavy atom. The van der Waals surface area contributed by atoms with Gasteiger partial charge in [-0.25, -0.2) is 13.6 Å². The van der Waals surface area contributed by atoms with Gasteiger partial charge in [-0.2, -0.15) is 5.10 Å². The molecule has 0 aliphatic carbocycles. The molecule has 0 bridgehead atoms. The van der Waals surface area contributed by atoms with Crippen molar-refractivity contribution in [3.05, 3.63) is 63.9 Å². The van der Waals surface area contributed by atoms with Crippen molar-refractivity contribution in [1.82, 2.24) is 15.2 Å². The number of carbonyl (C=O) groups is 1. The summed E-state index contributed by atoms with van der Waals surface area (Å²) in [6.07, 6.45) is -1.23. The summed E-state index contributed by atoms with van der Waals surface area (Å²) in [5.74, 6) is -0.0967. The second kappa shape index (κ2) is 8.88. The molecular weight excluding hydrogens is 447 g/mol. The lowest BCUT2D eigenvalue weighted by Crippen LogP contribution is -2.49. The fourth-order valence-electron chi connectivity index (χ4n) is 3.79. The summed E-state index contributed by atoms with van der Waals surface area (Å²) in [7, 11) is 0. The molecule has 4 rings (SSSR count). The van der Waals surface area contributed by atoms with Gasteiger partial charge in [-0.05, 0) is 42.8 Å². The molecule has 3 atom stereocenters. The van der Waals surface area contributed by atoms with Crippen molar-refractivity contribution in [2.75, 3.05) is 11.9 Å². The quantitative estimate of drug-likeness (QED) is 0.675. The monoisotopic (exact) mass is 467 g/mol. The number of urea groups is 1. The Balaban J connectivity index is 1.53. The topological polar surface area (TPSA) is 60.0 Å². The molecule has 2 aromatic rings. The first-order valence-electron chi connectivity index (χ1n) is 9.82. The predicted octanol–water partition coefficient (Wildman–Crippen LogP) is 4.84. The molecule has 2 unspecified atom stereocenters. The molecular formula is C21H21Cl2F2N5O. The second-order valence-corrected chi connectivity index (χ2v) is 8.46. The van der Waals surface area contributed by atoms with Crippen LogP contribution < -0.4 is 10.7 Å². The third kappa shape index (κ3) is 4.70. The number of amidine groups is 1. The number of likely N-dealkylation sites (tertiary alicyclic amines) is 1. The minimum atomic E-state index is -1.21. The van der Waals surface area contributed by atoms with E-state index >= 15 is 0 Å². The molecule has 2 aromatic carbocycles. The third-order valence-electron chi connectivity index (χ3n) is 5.38. The van der Waals surface area contributed by atoms with Crippen LogP contribution >= 0.6 is 23.2 Å². The van der Waals surface area contributed by atoms with Crippen LogP contribution in [0.3, 0.4) is 0 Å². The maximum absolute atomic E-state index is 14.4. The first kappa shape index (κ1) is 21.6. The Hall–Kier alpha value is -2.58. The zero-order chi connectivity index (χ0) is 22.1. The molecule has 0 spiro atoms. The van der Waals surface area contributed by atoms with Gasteiger partial charge < -0.3 is 15.1 Å². The van der Waals surface area contributed by atoms with Gasteiger partial charge in [0.05, 0.1) is 18.3 Å². The van der Waals surface area contributed by atoms with Crippen molar-refractivity contribution in [1.29, 1.82) is 0 Å². The van der Waals surface area contributed by atoms with E-state index in [2.05, 4.69) is 15.8 Å². The molecule has 0 aromatic heterocycles. The zero-order valence-electron chi connectivity index (χ0n) is 16.7. The maximum Gasteiger partial charge on any atom is 0.322 e. The molecule has 0 saturated carbocycles. The number of nitrogens with one attached hydrogen (secondary N) is 2. The highest BCUT2D eigenvalue weighted by atomic mass is 35.5. The van der Waals surface area contributed by atoms with Gasteiger partial charge in [0.25, 0.3) is 0 Å². The SMILES string of the molecule is CC1NN=C([C@H]2CC(F)CN2C(=O)Nc2ccc(Cl)cc2F)N1Cc1ccc(Cl)cc1. The summed E-state index contributed by atoms with van der Waals surface area (Å²) in [6, 6.07) is 10.2.